The van der Waals surface area contributed by atoms with Gasteiger partial charge in [0.15, 0.2) is 0 Å². The summed E-state index contributed by atoms with van der Waals surface area (Å²) in [5.41, 5.74) is 2.70. The third-order valence-electron chi connectivity index (χ3n) is 6.43. The quantitative estimate of drug-likeness (QED) is 0.357. The van der Waals surface area contributed by atoms with E-state index in [1.807, 2.05) is 43.5 Å². The van der Waals surface area contributed by atoms with Crippen molar-refractivity contribution in [3.63, 3.8) is 0 Å². The van der Waals surface area contributed by atoms with Crippen LogP contribution in [0.3, 0.4) is 0 Å². The number of hydrogen-bond acceptors (Lipinski definition) is 5. The van der Waals surface area contributed by atoms with Crippen molar-refractivity contribution in [2.75, 3.05) is 25.5 Å². The zero-order chi connectivity index (χ0) is 22.2. The third kappa shape index (κ3) is 6.56. The topological polar surface area (TPSA) is 79.0 Å². The zero-order valence-corrected chi connectivity index (χ0v) is 20.1. The molecule has 178 valence electrons. The highest BCUT2D eigenvalue weighted by atomic mass is 35.5. The van der Waals surface area contributed by atoms with Gasteiger partial charge in [-0.1, -0.05) is 49.6 Å². The molecule has 1 fully saturated rings. The molecule has 7 heteroatoms. The van der Waals surface area contributed by atoms with Gasteiger partial charge in [0, 0.05) is 36.3 Å². The molecule has 4 rings (SSSR count). The average Bonchev–Trinajstić information content (AvgIpc) is 2.84. The molecule has 1 aromatic heterocycles. The van der Waals surface area contributed by atoms with Gasteiger partial charge in [-0.3, -0.25) is 4.79 Å². The van der Waals surface area contributed by atoms with E-state index in [-0.39, 0.29) is 18.0 Å². The summed E-state index contributed by atoms with van der Waals surface area (Å²) >= 11 is 0. The van der Waals surface area contributed by atoms with Gasteiger partial charge in [-0.2, -0.15) is 5.10 Å². The molecule has 0 radical (unpaired) electrons. The molecule has 0 spiro atoms. The number of aromatic amines is 1. The van der Waals surface area contributed by atoms with Crippen LogP contribution in [0.5, 0.6) is 0 Å². The molecule has 0 aliphatic heterocycles. The minimum atomic E-state index is -0.158. The molecule has 1 aliphatic rings. The number of nitrogens with one attached hydrogen (secondary N) is 3. The first-order valence-electron chi connectivity index (χ1n) is 11.8. The van der Waals surface area contributed by atoms with Crippen molar-refractivity contribution >= 4 is 28.9 Å². The van der Waals surface area contributed by atoms with Crippen LogP contribution < -0.4 is 16.2 Å². The van der Waals surface area contributed by atoms with Crippen LogP contribution in [0.25, 0.3) is 22.0 Å². The highest BCUT2D eigenvalue weighted by Gasteiger charge is 2.23. The molecule has 2 atom stereocenters. The van der Waals surface area contributed by atoms with Crippen molar-refractivity contribution in [2.24, 2.45) is 0 Å². The van der Waals surface area contributed by atoms with Crippen LogP contribution in [0.4, 0.5) is 5.69 Å². The number of hydrogen-bond donors (Lipinski definition) is 3. The van der Waals surface area contributed by atoms with Crippen molar-refractivity contribution in [1.82, 2.24) is 15.5 Å². The van der Waals surface area contributed by atoms with E-state index in [0.717, 1.165) is 41.8 Å². The van der Waals surface area contributed by atoms with Crippen molar-refractivity contribution in [1.29, 1.82) is 0 Å². The lowest BCUT2D eigenvalue weighted by molar-refractivity contribution is 0.0419. The number of ether oxygens (including phenoxy) is 1. The van der Waals surface area contributed by atoms with Crippen LogP contribution in [0, 0.1) is 0 Å². The van der Waals surface area contributed by atoms with Gasteiger partial charge in [-0.05, 0) is 50.4 Å². The Balaban J connectivity index is 0.00000306. The van der Waals surface area contributed by atoms with Gasteiger partial charge >= 0.3 is 0 Å². The third-order valence-corrected chi connectivity index (χ3v) is 6.43. The number of H-pyrrole nitrogens is 1. The van der Waals surface area contributed by atoms with E-state index in [1.54, 1.807) is 0 Å². The van der Waals surface area contributed by atoms with Gasteiger partial charge in [0.1, 0.15) is 0 Å². The second kappa shape index (κ2) is 12.7. The van der Waals surface area contributed by atoms with E-state index >= 15 is 0 Å². The first-order chi connectivity index (χ1) is 15.8. The number of halogens is 1. The Morgan fingerprint density at radius 2 is 1.79 bits per heavy atom. The summed E-state index contributed by atoms with van der Waals surface area (Å²) in [7, 11) is 1.83. The lowest BCUT2D eigenvalue weighted by Crippen LogP contribution is -2.43. The molecule has 0 amide bonds. The number of anilines is 1. The number of nitrogens with zero attached hydrogens (tertiary/aromatic N) is 1. The smallest absolute Gasteiger partial charge is 0.272 e. The first-order valence-corrected chi connectivity index (χ1v) is 11.8. The molecule has 1 heterocycles. The molecular formula is C26H35ClN4O2. The standard InChI is InChI=1S/C26H34N4O2.ClH/c1-32-24-15-6-5-14-23(24)28-17-8-2-7-16-27-20-11-9-10-19(18-20)25-21-12-3-4-13-22(21)26(31)30-29-25;/h3-4,9-13,18,23-24,27-28H,2,5-8,14-17H2,1H3,(H,30,31);1H. The first kappa shape index (κ1) is 25.2. The molecular weight excluding hydrogens is 436 g/mol. The normalized spacial score (nSPS) is 18.1. The summed E-state index contributed by atoms with van der Waals surface area (Å²) < 4.78 is 5.63. The summed E-state index contributed by atoms with van der Waals surface area (Å²) in [5, 5.41) is 15.7. The van der Waals surface area contributed by atoms with Crippen molar-refractivity contribution in [3.05, 3.63) is 58.9 Å². The highest BCUT2D eigenvalue weighted by molar-refractivity contribution is 5.94. The van der Waals surface area contributed by atoms with E-state index in [0.29, 0.717) is 17.5 Å². The fourth-order valence-electron chi connectivity index (χ4n) is 4.67. The molecule has 2 unspecified atom stereocenters. The van der Waals surface area contributed by atoms with Crippen LogP contribution in [-0.4, -0.2) is 42.5 Å². The lowest BCUT2D eigenvalue weighted by Gasteiger charge is -2.31. The maximum atomic E-state index is 12.1. The van der Waals surface area contributed by atoms with Gasteiger partial charge < -0.3 is 15.4 Å². The number of aromatic nitrogens is 2. The van der Waals surface area contributed by atoms with Crippen molar-refractivity contribution < 1.29 is 4.74 Å². The van der Waals surface area contributed by atoms with E-state index < -0.39 is 0 Å². The Kier molecular flexibility index (Phi) is 9.73. The molecule has 0 bridgehead atoms. The summed E-state index contributed by atoms with van der Waals surface area (Å²) in [4.78, 5) is 12.1. The summed E-state index contributed by atoms with van der Waals surface area (Å²) in [6.07, 6.45) is 8.90. The number of rotatable bonds is 10. The van der Waals surface area contributed by atoms with Crippen molar-refractivity contribution in [2.45, 2.75) is 57.1 Å². The van der Waals surface area contributed by atoms with Crippen molar-refractivity contribution in [3.8, 4) is 11.3 Å². The number of unbranched alkanes of at least 4 members (excludes halogenated alkanes) is 2. The van der Waals surface area contributed by atoms with E-state index in [2.05, 4.69) is 33.0 Å². The fraction of sp³-hybridized carbons (Fsp3) is 0.462. The predicted octanol–water partition coefficient (Wildman–Crippen LogP) is 5.14. The second-order valence-corrected chi connectivity index (χ2v) is 8.63. The Morgan fingerprint density at radius 3 is 2.64 bits per heavy atom. The summed E-state index contributed by atoms with van der Waals surface area (Å²) in [6.45, 7) is 2.00. The van der Waals surface area contributed by atoms with E-state index in [4.69, 9.17) is 4.74 Å². The SMILES string of the molecule is COC1CCCCC1NCCCCCNc1cccc(-c2n[nH]c(=O)c3ccccc23)c1.Cl. The Labute approximate surface area is 201 Å². The summed E-state index contributed by atoms with van der Waals surface area (Å²) in [6, 6.07) is 16.3. The zero-order valence-electron chi connectivity index (χ0n) is 19.3. The Bertz CT molecular complexity index is 1070. The molecule has 3 N–H and O–H groups in total. The van der Waals surface area contributed by atoms with Crippen LogP contribution in [0.1, 0.15) is 44.9 Å². The fourth-order valence-corrected chi connectivity index (χ4v) is 4.67. The molecule has 1 saturated carbocycles. The molecule has 6 nitrogen and oxygen atoms in total. The van der Waals surface area contributed by atoms with Gasteiger partial charge in [-0.15, -0.1) is 12.4 Å². The van der Waals surface area contributed by atoms with Gasteiger partial charge in [0.25, 0.3) is 5.56 Å². The number of methoxy groups -OCH3 is 1. The van der Waals surface area contributed by atoms with Crippen LogP contribution in [0.15, 0.2) is 53.3 Å². The van der Waals surface area contributed by atoms with Gasteiger partial charge in [0.05, 0.1) is 17.2 Å². The predicted molar refractivity (Wildman–Crippen MR) is 138 cm³/mol. The van der Waals surface area contributed by atoms with E-state index in [1.165, 1.54) is 38.5 Å². The molecule has 2 aromatic carbocycles. The van der Waals surface area contributed by atoms with Crippen LogP contribution >= 0.6 is 12.4 Å². The lowest BCUT2D eigenvalue weighted by atomic mass is 9.92. The Morgan fingerprint density at radius 1 is 1.00 bits per heavy atom. The average molecular weight is 471 g/mol. The summed E-state index contributed by atoms with van der Waals surface area (Å²) in [5.74, 6) is 0. The molecule has 33 heavy (non-hydrogen) atoms. The number of benzene rings is 2. The minimum Gasteiger partial charge on any atom is -0.385 e. The maximum Gasteiger partial charge on any atom is 0.272 e. The minimum absolute atomic E-state index is 0. The van der Waals surface area contributed by atoms with Crippen LogP contribution in [0.2, 0.25) is 0 Å². The molecule has 3 aromatic rings. The van der Waals surface area contributed by atoms with E-state index in [9.17, 15) is 4.79 Å². The maximum absolute atomic E-state index is 12.1. The largest absolute Gasteiger partial charge is 0.385 e. The van der Waals surface area contributed by atoms with Gasteiger partial charge in [-0.25, -0.2) is 5.10 Å². The molecule has 0 saturated heterocycles. The second-order valence-electron chi connectivity index (χ2n) is 8.63. The van der Waals surface area contributed by atoms with Gasteiger partial charge in [0.2, 0.25) is 0 Å². The highest BCUT2D eigenvalue weighted by Crippen LogP contribution is 2.26. The number of fused-ring (bicyclic) bond motifs is 1. The molecule has 1 aliphatic carbocycles. The Hall–Kier alpha value is -2.41. The van der Waals surface area contributed by atoms with Crippen LogP contribution in [-0.2, 0) is 4.74 Å². The monoisotopic (exact) mass is 470 g/mol.